The van der Waals surface area contributed by atoms with Crippen LogP contribution in [-0.4, -0.2) is 20.4 Å². The van der Waals surface area contributed by atoms with E-state index in [0.717, 1.165) is 11.1 Å². The van der Waals surface area contributed by atoms with Crippen LogP contribution < -0.4 is 5.32 Å². The zero-order valence-corrected chi connectivity index (χ0v) is 13.5. The molecule has 2 rings (SSSR count). The Kier molecular flexibility index (Phi) is 5.48. The van der Waals surface area contributed by atoms with Gasteiger partial charge in [0, 0.05) is 18.8 Å². The number of nitriles is 1. The maximum absolute atomic E-state index is 13.3. The van der Waals surface area contributed by atoms with E-state index in [1.807, 2.05) is 30.3 Å². The van der Waals surface area contributed by atoms with Gasteiger partial charge in [-0.15, -0.1) is 0 Å². The average Bonchev–Trinajstić information content (AvgIpc) is 2.52. The third kappa shape index (κ3) is 5.16. The molecule has 1 atom stereocenters. The molecule has 0 saturated carbocycles. The van der Waals surface area contributed by atoms with E-state index in [4.69, 9.17) is 5.26 Å². The summed E-state index contributed by atoms with van der Waals surface area (Å²) in [6.07, 6.45) is 1.19. The second-order valence-corrected chi connectivity index (χ2v) is 7.55. The number of halogens is 1. The first kappa shape index (κ1) is 17.1. The molecule has 0 spiro atoms. The maximum Gasteiger partial charge on any atom is 0.149 e. The Hall–Kier alpha value is -2.23. The van der Waals surface area contributed by atoms with Crippen molar-refractivity contribution in [1.29, 1.82) is 5.26 Å². The number of hydrogen-bond donors (Lipinski definition) is 1. The van der Waals surface area contributed by atoms with E-state index in [-0.39, 0.29) is 17.4 Å². The van der Waals surface area contributed by atoms with Gasteiger partial charge in [-0.05, 0) is 23.3 Å². The lowest BCUT2D eigenvalue weighted by atomic mass is 10.1. The van der Waals surface area contributed by atoms with Crippen LogP contribution in [0.3, 0.4) is 0 Å². The van der Waals surface area contributed by atoms with E-state index in [2.05, 4.69) is 5.32 Å². The van der Waals surface area contributed by atoms with Crippen molar-refractivity contribution in [2.75, 3.05) is 12.0 Å². The van der Waals surface area contributed by atoms with E-state index in [1.54, 1.807) is 12.1 Å². The van der Waals surface area contributed by atoms with Crippen molar-refractivity contribution in [2.24, 2.45) is 0 Å². The normalized spacial score (nSPS) is 12.6. The highest BCUT2D eigenvalue weighted by molar-refractivity contribution is 7.90. The highest BCUT2D eigenvalue weighted by Crippen LogP contribution is 2.16. The lowest BCUT2D eigenvalue weighted by Crippen LogP contribution is -2.27. The quantitative estimate of drug-likeness (QED) is 0.883. The summed E-state index contributed by atoms with van der Waals surface area (Å²) in [7, 11) is -3.17. The minimum Gasteiger partial charge on any atom is -0.305 e. The summed E-state index contributed by atoms with van der Waals surface area (Å²) < 4.78 is 36.6. The van der Waals surface area contributed by atoms with Crippen LogP contribution in [-0.2, 0) is 16.4 Å². The van der Waals surface area contributed by atoms with Crippen molar-refractivity contribution in [2.45, 2.75) is 12.6 Å². The van der Waals surface area contributed by atoms with Crippen LogP contribution in [0.15, 0.2) is 48.5 Å². The highest BCUT2D eigenvalue weighted by Gasteiger charge is 2.17. The first-order chi connectivity index (χ1) is 10.9. The molecular formula is C17H17FN2O2S. The van der Waals surface area contributed by atoms with Gasteiger partial charge in [-0.3, -0.25) is 0 Å². The minimum absolute atomic E-state index is 0.0244. The van der Waals surface area contributed by atoms with E-state index < -0.39 is 15.7 Å². The fourth-order valence-corrected chi connectivity index (χ4v) is 3.19. The Morgan fingerprint density at radius 2 is 1.91 bits per heavy atom. The molecule has 120 valence electrons. The summed E-state index contributed by atoms with van der Waals surface area (Å²) in [6, 6.07) is 15.0. The van der Waals surface area contributed by atoms with Gasteiger partial charge in [-0.25, -0.2) is 12.8 Å². The molecule has 2 aromatic carbocycles. The molecular weight excluding hydrogens is 315 g/mol. The fourth-order valence-electron chi connectivity index (χ4n) is 2.27. The van der Waals surface area contributed by atoms with E-state index in [9.17, 15) is 12.8 Å². The summed E-state index contributed by atoms with van der Waals surface area (Å²) >= 11 is 0. The molecule has 0 aliphatic rings. The molecule has 0 radical (unpaired) electrons. The predicted octanol–water partition coefficient (Wildman–Crippen LogP) is 2.57. The number of hydrogen-bond acceptors (Lipinski definition) is 4. The van der Waals surface area contributed by atoms with Gasteiger partial charge in [0.15, 0.2) is 0 Å². The molecule has 4 nitrogen and oxygen atoms in total. The zero-order chi connectivity index (χ0) is 16.9. The van der Waals surface area contributed by atoms with Crippen LogP contribution in [0.25, 0.3) is 0 Å². The summed E-state index contributed by atoms with van der Waals surface area (Å²) in [4.78, 5) is 0. The minimum atomic E-state index is -3.17. The van der Waals surface area contributed by atoms with Crippen LogP contribution in [0.4, 0.5) is 4.39 Å². The molecule has 6 heteroatoms. The van der Waals surface area contributed by atoms with Gasteiger partial charge in [0.1, 0.15) is 21.7 Å². The molecule has 0 aliphatic heterocycles. The van der Waals surface area contributed by atoms with Crippen LogP contribution in [0.2, 0.25) is 0 Å². The molecule has 0 fully saturated rings. The summed E-state index contributed by atoms with van der Waals surface area (Å²) in [5.41, 5.74) is 1.56. The summed E-state index contributed by atoms with van der Waals surface area (Å²) in [6.45, 7) is 0.337. The number of rotatable bonds is 6. The molecule has 2 aromatic rings. The largest absolute Gasteiger partial charge is 0.305 e. The Morgan fingerprint density at radius 3 is 2.52 bits per heavy atom. The second-order valence-electron chi connectivity index (χ2n) is 5.36. The van der Waals surface area contributed by atoms with Gasteiger partial charge in [0.25, 0.3) is 0 Å². The highest BCUT2D eigenvalue weighted by atomic mass is 32.2. The SMILES string of the molecule is CS(=O)(=O)C[C@H](NCc1ccc(F)c(C#N)c1)c1ccccc1. The Balaban J connectivity index is 2.17. The standard InChI is InChI=1S/C17H17FN2O2S/c1-23(21,22)12-17(14-5-3-2-4-6-14)20-11-13-7-8-16(18)15(9-13)10-19/h2-9,17,20H,11-12H2,1H3/t17-/m0/s1. The zero-order valence-electron chi connectivity index (χ0n) is 12.7. The fraction of sp³-hybridized carbons (Fsp3) is 0.235. The van der Waals surface area contributed by atoms with Crippen molar-refractivity contribution in [3.63, 3.8) is 0 Å². The smallest absolute Gasteiger partial charge is 0.149 e. The topological polar surface area (TPSA) is 70.0 Å². The van der Waals surface area contributed by atoms with Crippen LogP contribution in [0.5, 0.6) is 0 Å². The van der Waals surface area contributed by atoms with Gasteiger partial charge in [0.2, 0.25) is 0 Å². The Morgan fingerprint density at radius 1 is 1.22 bits per heavy atom. The molecule has 0 aromatic heterocycles. The summed E-state index contributed by atoms with van der Waals surface area (Å²) in [5.74, 6) is -0.601. The Labute approximate surface area is 135 Å². The first-order valence-corrected chi connectivity index (χ1v) is 9.09. The van der Waals surface area contributed by atoms with Crippen molar-refractivity contribution < 1.29 is 12.8 Å². The van der Waals surface area contributed by atoms with Gasteiger partial charge in [-0.2, -0.15) is 5.26 Å². The molecule has 0 amide bonds. The monoisotopic (exact) mass is 332 g/mol. The Bertz CT molecular complexity index is 814. The predicted molar refractivity (Wildman–Crippen MR) is 86.8 cm³/mol. The second kappa shape index (κ2) is 7.36. The van der Waals surface area contributed by atoms with Gasteiger partial charge < -0.3 is 5.32 Å². The van der Waals surface area contributed by atoms with Crippen molar-refractivity contribution >= 4 is 9.84 Å². The van der Waals surface area contributed by atoms with E-state index in [1.165, 1.54) is 18.4 Å². The lowest BCUT2D eigenvalue weighted by molar-refractivity contribution is 0.550. The molecule has 0 unspecified atom stereocenters. The number of sulfone groups is 1. The average molecular weight is 332 g/mol. The van der Waals surface area contributed by atoms with Crippen LogP contribution in [0, 0.1) is 17.1 Å². The molecule has 23 heavy (non-hydrogen) atoms. The van der Waals surface area contributed by atoms with Gasteiger partial charge >= 0.3 is 0 Å². The maximum atomic E-state index is 13.3. The molecule has 0 heterocycles. The third-order valence-corrected chi connectivity index (χ3v) is 4.31. The molecule has 0 bridgehead atoms. The number of benzene rings is 2. The van der Waals surface area contributed by atoms with Crippen molar-refractivity contribution in [3.05, 3.63) is 71.0 Å². The van der Waals surface area contributed by atoms with Gasteiger partial charge in [0.05, 0.1) is 11.3 Å². The lowest BCUT2D eigenvalue weighted by Gasteiger charge is -2.18. The molecule has 0 aliphatic carbocycles. The molecule has 1 N–H and O–H groups in total. The third-order valence-electron chi connectivity index (χ3n) is 3.38. The first-order valence-electron chi connectivity index (χ1n) is 7.03. The number of nitrogens with one attached hydrogen (secondary N) is 1. The van der Waals surface area contributed by atoms with Crippen LogP contribution >= 0.6 is 0 Å². The van der Waals surface area contributed by atoms with Crippen molar-refractivity contribution in [3.8, 4) is 6.07 Å². The van der Waals surface area contributed by atoms with Crippen LogP contribution in [0.1, 0.15) is 22.7 Å². The van der Waals surface area contributed by atoms with Crippen molar-refractivity contribution in [1.82, 2.24) is 5.32 Å². The summed E-state index contributed by atoms with van der Waals surface area (Å²) in [5, 5.41) is 12.0. The van der Waals surface area contributed by atoms with Gasteiger partial charge in [-0.1, -0.05) is 36.4 Å². The van der Waals surface area contributed by atoms with E-state index >= 15 is 0 Å². The molecule has 0 saturated heterocycles. The van der Waals surface area contributed by atoms with E-state index in [0.29, 0.717) is 6.54 Å². The number of nitrogens with zero attached hydrogens (tertiary/aromatic N) is 1.